The van der Waals surface area contributed by atoms with E-state index in [1.165, 1.54) is 0 Å². The van der Waals surface area contributed by atoms with Crippen LogP contribution < -0.4 is 4.74 Å². The van der Waals surface area contributed by atoms with E-state index in [4.69, 9.17) is 27.9 Å². The summed E-state index contributed by atoms with van der Waals surface area (Å²) in [6, 6.07) is 7.24. The van der Waals surface area contributed by atoms with Gasteiger partial charge in [0.2, 0.25) is 0 Å². The van der Waals surface area contributed by atoms with Crippen molar-refractivity contribution in [1.82, 2.24) is 9.97 Å². The Bertz CT molecular complexity index is 532. The standard InChI is InChI=1S/C12H10Cl2N2O/c1-17-8-2-3-9(10(14)6-8)11-4-5-15-12(7-13)16-11/h2-6H,7H2,1H3. The van der Waals surface area contributed by atoms with Gasteiger partial charge in [0, 0.05) is 11.8 Å². The van der Waals surface area contributed by atoms with Crippen LogP contribution in [0.2, 0.25) is 5.02 Å². The summed E-state index contributed by atoms with van der Waals surface area (Å²) in [6.45, 7) is 0. The molecule has 1 heterocycles. The average Bonchev–Trinajstić information content (AvgIpc) is 2.38. The zero-order valence-electron chi connectivity index (χ0n) is 9.15. The van der Waals surface area contributed by atoms with Crippen LogP contribution in [0.25, 0.3) is 11.3 Å². The van der Waals surface area contributed by atoms with E-state index < -0.39 is 0 Å². The maximum absolute atomic E-state index is 6.16. The number of alkyl halides is 1. The molecule has 0 fully saturated rings. The molecule has 1 aromatic heterocycles. The SMILES string of the molecule is COc1ccc(-c2ccnc(CCl)n2)c(Cl)c1. The third kappa shape index (κ3) is 2.68. The Hall–Kier alpha value is -1.32. The van der Waals surface area contributed by atoms with Gasteiger partial charge in [0.25, 0.3) is 0 Å². The molecule has 0 saturated heterocycles. The van der Waals surface area contributed by atoms with E-state index in [9.17, 15) is 0 Å². The predicted octanol–water partition coefficient (Wildman–Crippen LogP) is 3.54. The van der Waals surface area contributed by atoms with Gasteiger partial charge in [-0.2, -0.15) is 0 Å². The Morgan fingerprint density at radius 2 is 2.12 bits per heavy atom. The van der Waals surface area contributed by atoms with E-state index in [1.807, 2.05) is 12.1 Å². The summed E-state index contributed by atoms with van der Waals surface area (Å²) in [7, 11) is 1.60. The van der Waals surface area contributed by atoms with Crippen molar-refractivity contribution < 1.29 is 4.74 Å². The summed E-state index contributed by atoms with van der Waals surface area (Å²) >= 11 is 11.9. The van der Waals surface area contributed by atoms with Crippen molar-refractivity contribution in [3.05, 3.63) is 41.3 Å². The zero-order chi connectivity index (χ0) is 12.3. The molecular formula is C12H10Cl2N2O. The molecule has 88 valence electrons. The van der Waals surface area contributed by atoms with Crippen molar-refractivity contribution in [1.29, 1.82) is 0 Å². The van der Waals surface area contributed by atoms with Crippen molar-refractivity contribution in [2.24, 2.45) is 0 Å². The first-order valence-corrected chi connectivity index (χ1v) is 5.87. The molecule has 0 unspecified atom stereocenters. The normalized spacial score (nSPS) is 10.3. The van der Waals surface area contributed by atoms with Crippen LogP contribution in [0.1, 0.15) is 5.82 Å². The van der Waals surface area contributed by atoms with Crippen LogP contribution in [0.4, 0.5) is 0 Å². The lowest BCUT2D eigenvalue weighted by Crippen LogP contribution is -1.93. The maximum Gasteiger partial charge on any atom is 0.143 e. The summed E-state index contributed by atoms with van der Waals surface area (Å²) in [5.74, 6) is 1.57. The summed E-state index contributed by atoms with van der Waals surface area (Å²) in [4.78, 5) is 8.35. The summed E-state index contributed by atoms with van der Waals surface area (Å²) in [5, 5.41) is 0.587. The van der Waals surface area contributed by atoms with Crippen LogP contribution in [-0.2, 0) is 5.88 Å². The second-order valence-electron chi connectivity index (χ2n) is 3.34. The van der Waals surface area contributed by atoms with Crippen molar-refractivity contribution >= 4 is 23.2 Å². The van der Waals surface area contributed by atoms with Gasteiger partial charge in [-0.15, -0.1) is 11.6 Å². The minimum Gasteiger partial charge on any atom is -0.497 e. The monoisotopic (exact) mass is 268 g/mol. The van der Waals surface area contributed by atoms with Gasteiger partial charge in [0.15, 0.2) is 0 Å². The molecule has 0 aliphatic rings. The number of rotatable bonds is 3. The number of hydrogen-bond acceptors (Lipinski definition) is 3. The molecule has 0 amide bonds. The first-order valence-electron chi connectivity index (χ1n) is 4.96. The Labute approximate surface area is 109 Å². The maximum atomic E-state index is 6.16. The average molecular weight is 269 g/mol. The molecular weight excluding hydrogens is 259 g/mol. The van der Waals surface area contributed by atoms with E-state index in [1.54, 1.807) is 25.4 Å². The Morgan fingerprint density at radius 3 is 2.76 bits per heavy atom. The zero-order valence-corrected chi connectivity index (χ0v) is 10.7. The first kappa shape index (κ1) is 12.1. The molecule has 5 heteroatoms. The predicted molar refractivity (Wildman–Crippen MR) is 68.6 cm³/mol. The van der Waals surface area contributed by atoms with Gasteiger partial charge in [0.05, 0.1) is 23.7 Å². The Balaban J connectivity index is 2.45. The number of methoxy groups -OCH3 is 1. The fraction of sp³-hybridized carbons (Fsp3) is 0.167. The molecule has 0 atom stereocenters. The Kier molecular flexibility index (Phi) is 3.82. The summed E-state index contributed by atoms with van der Waals surface area (Å²) < 4.78 is 5.09. The van der Waals surface area contributed by atoms with Crippen LogP contribution in [0.15, 0.2) is 30.5 Å². The summed E-state index contributed by atoms with van der Waals surface area (Å²) in [6.07, 6.45) is 1.67. The quantitative estimate of drug-likeness (QED) is 0.799. The van der Waals surface area contributed by atoms with Crippen LogP contribution in [-0.4, -0.2) is 17.1 Å². The van der Waals surface area contributed by atoms with Gasteiger partial charge in [-0.05, 0) is 24.3 Å². The van der Waals surface area contributed by atoms with Gasteiger partial charge in [-0.3, -0.25) is 0 Å². The van der Waals surface area contributed by atoms with E-state index in [-0.39, 0.29) is 5.88 Å². The first-order chi connectivity index (χ1) is 8.24. The van der Waals surface area contributed by atoms with Gasteiger partial charge >= 0.3 is 0 Å². The smallest absolute Gasteiger partial charge is 0.143 e. The highest BCUT2D eigenvalue weighted by atomic mass is 35.5. The highest BCUT2D eigenvalue weighted by molar-refractivity contribution is 6.33. The molecule has 2 rings (SSSR count). The molecule has 3 nitrogen and oxygen atoms in total. The minimum absolute atomic E-state index is 0.279. The molecule has 0 saturated carbocycles. The fourth-order valence-corrected chi connectivity index (χ4v) is 1.84. The van der Waals surface area contributed by atoms with Crippen LogP contribution >= 0.6 is 23.2 Å². The fourth-order valence-electron chi connectivity index (χ4n) is 1.44. The van der Waals surface area contributed by atoms with Gasteiger partial charge < -0.3 is 4.74 Å². The largest absolute Gasteiger partial charge is 0.497 e. The summed E-state index contributed by atoms with van der Waals surface area (Å²) in [5.41, 5.74) is 1.59. The van der Waals surface area contributed by atoms with Crippen molar-refractivity contribution in [2.75, 3.05) is 7.11 Å². The third-order valence-corrected chi connectivity index (χ3v) is 2.83. The topological polar surface area (TPSA) is 35.0 Å². The molecule has 2 aromatic rings. The number of nitrogens with zero attached hydrogens (tertiary/aromatic N) is 2. The van der Waals surface area contributed by atoms with Gasteiger partial charge in [0.1, 0.15) is 11.6 Å². The van der Waals surface area contributed by atoms with Gasteiger partial charge in [-0.1, -0.05) is 11.6 Å². The molecule has 0 bridgehead atoms. The lowest BCUT2D eigenvalue weighted by atomic mass is 10.1. The Morgan fingerprint density at radius 1 is 1.29 bits per heavy atom. The van der Waals surface area contributed by atoms with E-state index in [0.29, 0.717) is 16.6 Å². The van der Waals surface area contributed by atoms with Crippen molar-refractivity contribution in [3.8, 4) is 17.0 Å². The van der Waals surface area contributed by atoms with E-state index >= 15 is 0 Å². The molecule has 1 aromatic carbocycles. The molecule has 0 aliphatic heterocycles. The van der Waals surface area contributed by atoms with Crippen LogP contribution in [0, 0.1) is 0 Å². The highest BCUT2D eigenvalue weighted by Crippen LogP contribution is 2.29. The lowest BCUT2D eigenvalue weighted by Gasteiger charge is -2.06. The van der Waals surface area contributed by atoms with Gasteiger partial charge in [-0.25, -0.2) is 9.97 Å². The molecule has 0 radical (unpaired) electrons. The second kappa shape index (κ2) is 5.34. The van der Waals surface area contributed by atoms with Crippen molar-refractivity contribution in [2.45, 2.75) is 5.88 Å². The molecule has 0 N–H and O–H groups in total. The van der Waals surface area contributed by atoms with E-state index in [0.717, 1.165) is 11.3 Å². The lowest BCUT2D eigenvalue weighted by molar-refractivity contribution is 0.415. The number of aromatic nitrogens is 2. The number of benzene rings is 1. The third-order valence-electron chi connectivity index (χ3n) is 2.28. The number of ether oxygens (including phenoxy) is 1. The highest BCUT2D eigenvalue weighted by Gasteiger charge is 2.07. The van der Waals surface area contributed by atoms with Crippen LogP contribution in [0.5, 0.6) is 5.75 Å². The number of halogens is 2. The van der Waals surface area contributed by atoms with E-state index in [2.05, 4.69) is 9.97 Å². The number of hydrogen-bond donors (Lipinski definition) is 0. The van der Waals surface area contributed by atoms with Crippen LogP contribution in [0.3, 0.4) is 0 Å². The molecule has 0 aliphatic carbocycles. The molecule has 0 spiro atoms. The minimum atomic E-state index is 0.279. The second-order valence-corrected chi connectivity index (χ2v) is 4.01. The molecule has 17 heavy (non-hydrogen) atoms. The van der Waals surface area contributed by atoms with Crippen molar-refractivity contribution in [3.63, 3.8) is 0 Å².